The summed E-state index contributed by atoms with van der Waals surface area (Å²) in [7, 11) is 5.52. The van der Waals surface area contributed by atoms with Gasteiger partial charge in [-0.1, -0.05) is 23.7 Å². The molecule has 0 aromatic heterocycles. The second kappa shape index (κ2) is 5.00. The van der Waals surface area contributed by atoms with E-state index in [0.29, 0.717) is 11.2 Å². The summed E-state index contributed by atoms with van der Waals surface area (Å²) in [6.07, 6.45) is 0. The van der Waals surface area contributed by atoms with Gasteiger partial charge in [0.15, 0.2) is 0 Å². The van der Waals surface area contributed by atoms with Crippen LogP contribution in [0.2, 0.25) is 0 Å². The van der Waals surface area contributed by atoms with Crippen LogP contribution in [-0.4, -0.2) is 13.7 Å². The Bertz CT molecular complexity index is 574. The second-order valence-corrected chi connectivity index (χ2v) is 3.69. The molecule has 0 aliphatic heterocycles. The smallest absolute Gasteiger partial charge is 0.137 e. The standard InChI is InChI=1S/C13H9BF2N2/c14-8-4-6-9(7-5-8)18-13(17)12-10(15)2-1-3-11(12)16/h1-7H,(H2,17,18). The fourth-order valence-electron chi connectivity index (χ4n) is 1.49. The third kappa shape index (κ3) is 2.56. The van der Waals surface area contributed by atoms with Crippen LogP contribution in [-0.2, 0) is 0 Å². The van der Waals surface area contributed by atoms with Gasteiger partial charge in [-0.15, -0.1) is 0 Å². The summed E-state index contributed by atoms with van der Waals surface area (Å²) in [5, 5.41) is 0. The van der Waals surface area contributed by atoms with Crippen molar-refractivity contribution in [1.82, 2.24) is 0 Å². The van der Waals surface area contributed by atoms with Crippen molar-refractivity contribution in [3.63, 3.8) is 0 Å². The van der Waals surface area contributed by atoms with E-state index in [-0.39, 0.29) is 11.4 Å². The number of aliphatic imine (C=N–C) groups is 1. The van der Waals surface area contributed by atoms with Gasteiger partial charge in [-0.25, -0.2) is 13.8 Å². The molecule has 2 rings (SSSR count). The van der Waals surface area contributed by atoms with Crippen LogP contribution in [0.25, 0.3) is 0 Å². The predicted molar refractivity (Wildman–Crippen MR) is 68.6 cm³/mol. The summed E-state index contributed by atoms with van der Waals surface area (Å²) in [5.74, 6) is -1.70. The van der Waals surface area contributed by atoms with E-state index in [4.69, 9.17) is 13.6 Å². The minimum absolute atomic E-state index is 0.213. The van der Waals surface area contributed by atoms with E-state index in [0.717, 1.165) is 12.1 Å². The van der Waals surface area contributed by atoms with Crippen LogP contribution in [0.15, 0.2) is 47.5 Å². The van der Waals surface area contributed by atoms with Crippen molar-refractivity contribution in [2.75, 3.05) is 0 Å². The second-order valence-electron chi connectivity index (χ2n) is 3.69. The normalized spacial score (nSPS) is 11.6. The molecule has 0 bridgehead atoms. The summed E-state index contributed by atoms with van der Waals surface area (Å²) >= 11 is 0. The molecule has 0 fully saturated rings. The van der Waals surface area contributed by atoms with Crippen LogP contribution in [0, 0.1) is 11.6 Å². The molecule has 5 heteroatoms. The topological polar surface area (TPSA) is 38.4 Å². The Kier molecular flexibility index (Phi) is 3.41. The van der Waals surface area contributed by atoms with Gasteiger partial charge in [0, 0.05) is 0 Å². The third-order valence-electron chi connectivity index (χ3n) is 2.36. The molecule has 0 saturated carbocycles. The summed E-state index contributed by atoms with van der Waals surface area (Å²) in [5.41, 5.74) is 6.33. The van der Waals surface area contributed by atoms with Crippen molar-refractivity contribution in [1.29, 1.82) is 0 Å². The van der Waals surface area contributed by atoms with Crippen molar-refractivity contribution >= 4 is 24.8 Å². The third-order valence-corrected chi connectivity index (χ3v) is 2.36. The Hall–Kier alpha value is -2.17. The molecule has 2 nitrogen and oxygen atoms in total. The first-order chi connectivity index (χ1) is 8.58. The molecule has 88 valence electrons. The number of hydrogen-bond acceptors (Lipinski definition) is 1. The number of halogens is 2. The zero-order valence-corrected chi connectivity index (χ0v) is 9.40. The number of hydrogen-bond donors (Lipinski definition) is 1. The Labute approximate surface area is 105 Å². The fraction of sp³-hybridized carbons (Fsp3) is 0. The molecule has 0 saturated heterocycles. The lowest BCUT2D eigenvalue weighted by Gasteiger charge is -2.04. The van der Waals surface area contributed by atoms with Crippen LogP contribution in [0.3, 0.4) is 0 Å². The number of amidine groups is 1. The van der Waals surface area contributed by atoms with Crippen LogP contribution < -0.4 is 11.2 Å². The molecule has 0 unspecified atom stereocenters. The predicted octanol–water partition coefficient (Wildman–Crippen LogP) is 1.80. The molecule has 0 spiro atoms. The van der Waals surface area contributed by atoms with Gasteiger partial charge in [0.1, 0.15) is 25.3 Å². The van der Waals surface area contributed by atoms with E-state index < -0.39 is 11.6 Å². The number of benzene rings is 2. The molecule has 2 N–H and O–H groups in total. The summed E-state index contributed by atoms with van der Waals surface area (Å²) < 4.78 is 26.9. The quantitative estimate of drug-likeness (QED) is 0.486. The molecular formula is C13H9BF2N2. The lowest BCUT2D eigenvalue weighted by molar-refractivity contribution is 0.579. The largest absolute Gasteiger partial charge is 0.383 e. The molecule has 0 heterocycles. The Morgan fingerprint density at radius 1 is 1.00 bits per heavy atom. The van der Waals surface area contributed by atoms with Gasteiger partial charge in [0.2, 0.25) is 0 Å². The maximum atomic E-state index is 13.4. The van der Waals surface area contributed by atoms with Crippen LogP contribution >= 0.6 is 0 Å². The first-order valence-corrected chi connectivity index (χ1v) is 5.22. The van der Waals surface area contributed by atoms with Gasteiger partial charge in [0.05, 0.1) is 11.3 Å². The average molecular weight is 242 g/mol. The molecule has 18 heavy (non-hydrogen) atoms. The average Bonchev–Trinajstić information content (AvgIpc) is 2.32. The van der Waals surface area contributed by atoms with Gasteiger partial charge < -0.3 is 5.73 Å². The van der Waals surface area contributed by atoms with Crippen molar-refractivity contribution < 1.29 is 8.78 Å². The van der Waals surface area contributed by atoms with E-state index in [1.165, 1.54) is 6.07 Å². The highest BCUT2D eigenvalue weighted by atomic mass is 19.1. The van der Waals surface area contributed by atoms with Gasteiger partial charge in [-0.05, 0) is 24.3 Å². The van der Waals surface area contributed by atoms with Crippen molar-refractivity contribution in [3.8, 4) is 0 Å². The van der Waals surface area contributed by atoms with Crippen molar-refractivity contribution in [2.24, 2.45) is 10.7 Å². The van der Waals surface area contributed by atoms with Gasteiger partial charge >= 0.3 is 0 Å². The molecule has 2 aromatic carbocycles. The SMILES string of the molecule is [B]c1ccc(N=C(N)c2c(F)cccc2F)cc1. The first kappa shape index (κ1) is 12.3. The molecule has 0 amide bonds. The van der Waals surface area contributed by atoms with Gasteiger partial charge in [-0.3, -0.25) is 0 Å². The van der Waals surface area contributed by atoms with E-state index in [9.17, 15) is 8.78 Å². The van der Waals surface area contributed by atoms with Crippen LogP contribution in [0.1, 0.15) is 5.56 Å². The van der Waals surface area contributed by atoms with Crippen molar-refractivity contribution in [3.05, 3.63) is 59.7 Å². The zero-order chi connectivity index (χ0) is 13.1. The minimum atomic E-state index is -0.744. The minimum Gasteiger partial charge on any atom is -0.383 e. The highest BCUT2D eigenvalue weighted by molar-refractivity contribution is 6.32. The Balaban J connectivity index is 2.42. The van der Waals surface area contributed by atoms with Crippen molar-refractivity contribution in [2.45, 2.75) is 0 Å². The molecule has 0 aliphatic carbocycles. The Morgan fingerprint density at radius 2 is 1.56 bits per heavy atom. The van der Waals surface area contributed by atoms with E-state index >= 15 is 0 Å². The summed E-state index contributed by atoms with van der Waals surface area (Å²) in [4.78, 5) is 3.95. The lowest BCUT2D eigenvalue weighted by atomic mass is 9.96. The van der Waals surface area contributed by atoms with Crippen LogP contribution in [0.4, 0.5) is 14.5 Å². The molecule has 0 atom stereocenters. The van der Waals surface area contributed by atoms with Gasteiger partial charge in [-0.2, -0.15) is 0 Å². The fourth-order valence-corrected chi connectivity index (χ4v) is 1.49. The lowest BCUT2D eigenvalue weighted by Crippen LogP contribution is -2.17. The summed E-state index contributed by atoms with van der Waals surface area (Å²) in [6.45, 7) is 0. The number of nitrogens with two attached hydrogens (primary N) is 1. The molecular weight excluding hydrogens is 233 g/mol. The highest BCUT2D eigenvalue weighted by Gasteiger charge is 2.12. The van der Waals surface area contributed by atoms with E-state index in [1.54, 1.807) is 24.3 Å². The maximum Gasteiger partial charge on any atom is 0.137 e. The monoisotopic (exact) mass is 242 g/mol. The number of nitrogens with zero attached hydrogens (tertiary/aromatic N) is 1. The maximum absolute atomic E-state index is 13.4. The molecule has 0 aliphatic rings. The van der Waals surface area contributed by atoms with E-state index in [1.807, 2.05) is 0 Å². The first-order valence-electron chi connectivity index (χ1n) is 5.22. The van der Waals surface area contributed by atoms with Crippen LogP contribution in [0.5, 0.6) is 0 Å². The van der Waals surface area contributed by atoms with Gasteiger partial charge in [0.25, 0.3) is 0 Å². The molecule has 2 aromatic rings. The molecule has 2 radical (unpaired) electrons. The highest BCUT2D eigenvalue weighted by Crippen LogP contribution is 2.15. The zero-order valence-electron chi connectivity index (χ0n) is 9.40. The Morgan fingerprint density at radius 3 is 2.11 bits per heavy atom. The number of rotatable bonds is 2. The summed E-state index contributed by atoms with van der Waals surface area (Å²) in [6, 6.07) is 10.0. The van der Waals surface area contributed by atoms with E-state index in [2.05, 4.69) is 4.99 Å².